The van der Waals surface area contributed by atoms with Crippen molar-refractivity contribution in [2.75, 3.05) is 6.54 Å². The molecule has 3 nitrogen and oxygen atoms in total. The molecule has 1 saturated heterocycles. The topological polar surface area (TPSA) is 38.1 Å². The van der Waals surface area contributed by atoms with Gasteiger partial charge in [-0.2, -0.15) is 0 Å². The largest absolute Gasteiger partial charge is 0.439 e. The summed E-state index contributed by atoms with van der Waals surface area (Å²) >= 11 is 0. The molecule has 0 amide bonds. The van der Waals surface area contributed by atoms with E-state index < -0.39 is 0 Å². The number of nitrogens with one attached hydrogen (secondary N) is 1. The monoisotopic (exact) mass is 220 g/mol. The van der Waals surface area contributed by atoms with Crippen molar-refractivity contribution in [1.82, 2.24) is 10.3 Å². The number of nitrogens with zero attached hydrogens (tertiary/aromatic N) is 1. The van der Waals surface area contributed by atoms with Gasteiger partial charge in [-0.3, -0.25) is 0 Å². The Kier molecular flexibility index (Phi) is 2.36. The van der Waals surface area contributed by atoms with Crippen molar-refractivity contribution >= 4 is 11.1 Å². The van der Waals surface area contributed by atoms with E-state index in [1.165, 1.54) is 25.0 Å². The summed E-state index contributed by atoms with van der Waals surface area (Å²) in [6, 6.07) is 4.62. The summed E-state index contributed by atoms with van der Waals surface area (Å²) < 4.78 is 18.6. The second-order valence-corrected chi connectivity index (χ2v) is 4.17. The average Bonchev–Trinajstić information content (AvgIpc) is 2.73. The lowest BCUT2D eigenvalue weighted by Crippen LogP contribution is -2.26. The van der Waals surface area contributed by atoms with Crippen molar-refractivity contribution in [3.8, 4) is 0 Å². The molecule has 1 aromatic heterocycles. The molecule has 0 aliphatic carbocycles. The highest BCUT2D eigenvalue weighted by atomic mass is 19.1. The van der Waals surface area contributed by atoms with Gasteiger partial charge >= 0.3 is 0 Å². The summed E-state index contributed by atoms with van der Waals surface area (Å²) in [6.07, 6.45) is 3.42. The van der Waals surface area contributed by atoms with Crippen LogP contribution >= 0.6 is 0 Å². The summed E-state index contributed by atoms with van der Waals surface area (Å²) in [6.45, 7) is 0.998. The highest BCUT2D eigenvalue weighted by Crippen LogP contribution is 2.26. The number of aromatic nitrogens is 1. The normalized spacial score (nSPS) is 21.4. The Morgan fingerprint density at radius 2 is 2.31 bits per heavy atom. The molecule has 0 spiro atoms. The Morgan fingerprint density at radius 3 is 3.12 bits per heavy atom. The van der Waals surface area contributed by atoms with Crippen LogP contribution in [0.4, 0.5) is 4.39 Å². The third-order valence-electron chi connectivity index (χ3n) is 2.97. The minimum absolute atomic E-state index is 0.184. The van der Waals surface area contributed by atoms with Crippen molar-refractivity contribution in [2.24, 2.45) is 0 Å². The molecule has 84 valence electrons. The summed E-state index contributed by atoms with van der Waals surface area (Å²) in [5.41, 5.74) is 1.26. The minimum Gasteiger partial charge on any atom is -0.439 e. The van der Waals surface area contributed by atoms with E-state index in [0.29, 0.717) is 17.0 Å². The second-order valence-electron chi connectivity index (χ2n) is 4.17. The van der Waals surface area contributed by atoms with Gasteiger partial charge in [0.05, 0.1) is 6.04 Å². The average molecular weight is 220 g/mol. The van der Waals surface area contributed by atoms with Crippen molar-refractivity contribution in [1.29, 1.82) is 0 Å². The fourth-order valence-electron chi connectivity index (χ4n) is 2.13. The van der Waals surface area contributed by atoms with Gasteiger partial charge in [0.1, 0.15) is 11.3 Å². The van der Waals surface area contributed by atoms with Crippen molar-refractivity contribution in [3.63, 3.8) is 0 Å². The van der Waals surface area contributed by atoms with Crippen molar-refractivity contribution in [3.05, 3.63) is 29.9 Å². The lowest BCUT2D eigenvalue weighted by atomic mass is 10.1. The van der Waals surface area contributed by atoms with Crippen molar-refractivity contribution < 1.29 is 8.81 Å². The molecule has 0 bridgehead atoms. The fraction of sp³-hybridized carbons (Fsp3) is 0.417. The molecule has 1 unspecified atom stereocenters. The molecule has 16 heavy (non-hydrogen) atoms. The Morgan fingerprint density at radius 1 is 1.38 bits per heavy atom. The third kappa shape index (κ3) is 1.69. The lowest BCUT2D eigenvalue weighted by molar-refractivity contribution is 0.347. The molecule has 4 heteroatoms. The highest BCUT2D eigenvalue weighted by molar-refractivity contribution is 5.72. The van der Waals surface area contributed by atoms with E-state index in [2.05, 4.69) is 10.3 Å². The van der Waals surface area contributed by atoms with Gasteiger partial charge in [-0.05, 0) is 31.5 Å². The van der Waals surface area contributed by atoms with E-state index in [0.717, 1.165) is 13.0 Å². The van der Waals surface area contributed by atoms with Crippen LogP contribution in [0.25, 0.3) is 11.1 Å². The first-order valence-electron chi connectivity index (χ1n) is 5.62. The SMILES string of the molecule is Fc1ccc2oc(C3CCCCN3)nc2c1. The molecular weight excluding hydrogens is 207 g/mol. The van der Waals surface area contributed by atoms with E-state index in [9.17, 15) is 4.39 Å². The predicted octanol–water partition coefficient (Wildman–Crippen LogP) is 2.78. The molecule has 1 fully saturated rings. The summed E-state index contributed by atoms with van der Waals surface area (Å²) in [7, 11) is 0. The fourth-order valence-corrected chi connectivity index (χ4v) is 2.13. The molecule has 1 atom stereocenters. The maximum absolute atomic E-state index is 13.0. The molecule has 1 aliphatic heterocycles. The molecule has 1 aliphatic rings. The Bertz CT molecular complexity index is 503. The van der Waals surface area contributed by atoms with Gasteiger partial charge in [-0.15, -0.1) is 0 Å². The van der Waals surface area contributed by atoms with Crippen LogP contribution in [0.3, 0.4) is 0 Å². The molecule has 2 heterocycles. The Balaban J connectivity index is 1.97. The van der Waals surface area contributed by atoms with Gasteiger partial charge in [0.25, 0.3) is 0 Å². The molecule has 1 aromatic carbocycles. The maximum Gasteiger partial charge on any atom is 0.212 e. The van der Waals surface area contributed by atoms with Gasteiger partial charge < -0.3 is 9.73 Å². The summed E-state index contributed by atoms with van der Waals surface area (Å²) in [5, 5.41) is 3.36. The molecule has 3 rings (SSSR count). The lowest BCUT2D eigenvalue weighted by Gasteiger charge is -2.19. The number of benzene rings is 1. The zero-order valence-electron chi connectivity index (χ0n) is 8.87. The van der Waals surface area contributed by atoms with Crippen LogP contribution in [0.2, 0.25) is 0 Å². The molecular formula is C12H13FN2O. The number of rotatable bonds is 1. The summed E-state index contributed by atoms with van der Waals surface area (Å²) in [4.78, 5) is 4.33. The first-order chi connectivity index (χ1) is 7.83. The van der Waals surface area contributed by atoms with Crippen molar-refractivity contribution in [2.45, 2.75) is 25.3 Å². The highest BCUT2D eigenvalue weighted by Gasteiger charge is 2.20. The van der Waals surface area contributed by atoms with E-state index in [1.54, 1.807) is 6.07 Å². The zero-order valence-corrected chi connectivity index (χ0v) is 8.87. The Hall–Kier alpha value is -1.42. The first-order valence-corrected chi connectivity index (χ1v) is 5.62. The maximum atomic E-state index is 13.0. The predicted molar refractivity (Wildman–Crippen MR) is 58.6 cm³/mol. The van der Waals surface area contributed by atoms with Crippen LogP contribution < -0.4 is 5.32 Å². The number of piperidine rings is 1. The summed E-state index contributed by atoms with van der Waals surface area (Å²) in [5.74, 6) is 0.407. The van der Waals surface area contributed by atoms with Crippen LogP contribution in [0.5, 0.6) is 0 Å². The number of halogens is 1. The quantitative estimate of drug-likeness (QED) is 0.803. The van der Waals surface area contributed by atoms with E-state index in [1.807, 2.05) is 0 Å². The van der Waals surface area contributed by atoms with Crippen LogP contribution in [0, 0.1) is 5.82 Å². The van der Waals surface area contributed by atoms with E-state index in [-0.39, 0.29) is 11.9 Å². The number of oxazole rings is 1. The zero-order chi connectivity index (χ0) is 11.0. The number of fused-ring (bicyclic) bond motifs is 1. The molecule has 0 saturated carbocycles. The molecule has 0 radical (unpaired) electrons. The number of hydrogen-bond donors (Lipinski definition) is 1. The van der Waals surface area contributed by atoms with Crippen LogP contribution in [0.1, 0.15) is 31.2 Å². The van der Waals surface area contributed by atoms with Gasteiger partial charge in [-0.25, -0.2) is 9.37 Å². The van der Waals surface area contributed by atoms with Crippen LogP contribution in [0.15, 0.2) is 22.6 Å². The number of hydrogen-bond acceptors (Lipinski definition) is 3. The van der Waals surface area contributed by atoms with Gasteiger partial charge in [-0.1, -0.05) is 6.42 Å². The second kappa shape index (κ2) is 3.87. The minimum atomic E-state index is -0.274. The van der Waals surface area contributed by atoms with Crippen LogP contribution in [-0.4, -0.2) is 11.5 Å². The van der Waals surface area contributed by atoms with Gasteiger partial charge in [0, 0.05) is 6.07 Å². The van der Waals surface area contributed by atoms with E-state index >= 15 is 0 Å². The van der Waals surface area contributed by atoms with Gasteiger partial charge in [0.2, 0.25) is 5.89 Å². The van der Waals surface area contributed by atoms with Gasteiger partial charge in [0.15, 0.2) is 5.58 Å². The first kappa shape index (κ1) is 9.78. The van der Waals surface area contributed by atoms with E-state index in [4.69, 9.17) is 4.42 Å². The third-order valence-corrected chi connectivity index (χ3v) is 2.97. The Labute approximate surface area is 92.7 Å². The smallest absolute Gasteiger partial charge is 0.212 e. The molecule has 2 aromatic rings. The molecule has 1 N–H and O–H groups in total. The standard InChI is InChI=1S/C12H13FN2O/c13-8-4-5-11-10(7-8)15-12(16-11)9-3-1-2-6-14-9/h4-5,7,9,14H,1-3,6H2. The van der Waals surface area contributed by atoms with Crippen LogP contribution in [-0.2, 0) is 0 Å².